The molecule has 0 aromatic heterocycles. The smallest absolute Gasteiger partial charge is 0.259 e. The third-order valence-electron chi connectivity index (χ3n) is 5.85. The largest absolute Gasteiger partial charge is 0.383 e. The van der Waals surface area contributed by atoms with Crippen LogP contribution in [0.4, 0.5) is 14.5 Å². The van der Waals surface area contributed by atoms with Crippen molar-refractivity contribution in [1.82, 2.24) is 10.6 Å². The van der Waals surface area contributed by atoms with Gasteiger partial charge in [0, 0.05) is 18.8 Å². The standard InChI is InChI=1S/C25H31F2N3O2/c26-20-11-13-21(14-12-20)28-15-16-29-24(31)22(17-18-7-3-1-4-8-18)30-25(32)23(27)19-9-5-2-6-10-19/h2,5-6,9-14,18,22-23,28H,1,3-4,7-8,15-17H2,(H,29,31)(H,30,32)/t22?,23-/m0/s1. The molecule has 0 spiro atoms. The molecular formula is C25H31F2N3O2. The summed E-state index contributed by atoms with van der Waals surface area (Å²) < 4.78 is 27.7. The van der Waals surface area contributed by atoms with Crippen molar-refractivity contribution >= 4 is 17.5 Å². The molecule has 0 bridgehead atoms. The Morgan fingerprint density at radius 3 is 2.28 bits per heavy atom. The van der Waals surface area contributed by atoms with Gasteiger partial charge in [0.1, 0.15) is 11.9 Å². The number of benzene rings is 2. The number of hydrogen-bond donors (Lipinski definition) is 3. The van der Waals surface area contributed by atoms with E-state index in [4.69, 9.17) is 0 Å². The first-order valence-electron chi connectivity index (χ1n) is 11.3. The van der Waals surface area contributed by atoms with E-state index in [-0.39, 0.29) is 17.3 Å². The van der Waals surface area contributed by atoms with Gasteiger partial charge in [0.05, 0.1) is 0 Å². The van der Waals surface area contributed by atoms with Crippen LogP contribution in [0.25, 0.3) is 0 Å². The van der Waals surface area contributed by atoms with Crippen molar-refractivity contribution in [3.8, 4) is 0 Å². The minimum atomic E-state index is -1.82. The molecule has 1 saturated carbocycles. The number of rotatable bonds is 10. The fourth-order valence-electron chi connectivity index (χ4n) is 4.09. The lowest BCUT2D eigenvalue weighted by Gasteiger charge is -2.27. The van der Waals surface area contributed by atoms with E-state index in [2.05, 4.69) is 16.0 Å². The van der Waals surface area contributed by atoms with Gasteiger partial charge in [0.25, 0.3) is 5.91 Å². The van der Waals surface area contributed by atoms with Gasteiger partial charge in [-0.15, -0.1) is 0 Å². The summed E-state index contributed by atoms with van der Waals surface area (Å²) in [5.74, 6) is -1.08. The average molecular weight is 444 g/mol. The number of carbonyl (C=O) groups is 2. The summed E-state index contributed by atoms with van der Waals surface area (Å²) in [6, 6.07) is 13.4. The Labute approximate surface area is 188 Å². The third kappa shape index (κ3) is 7.32. The average Bonchev–Trinajstić information content (AvgIpc) is 2.83. The molecular weight excluding hydrogens is 412 g/mol. The lowest BCUT2D eigenvalue weighted by atomic mass is 9.84. The van der Waals surface area contributed by atoms with Gasteiger partial charge < -0.3 is 16.0 Å². The number of carbonyl (C=O) groups excluding carboxylic acids is 2. The van der Waals surface area contributed by atoms with Crippen molar-refractivity contribution in [2.75, 3.05) is 18.4 Å². The fourth-order valence-corrected chi connectivity index (χ4v) is 4.09. The van der Waals surface area contributed by atoms with Crippen molar-refractivity contribution in [2.24, 2.45) is 5.92 Å². The molecule has 0 aliphatic heterocycles. The van der Waals surface area contributed by atoms with Crippen LogP contribution in [0.3, 0.4) is 0 Å². The number of nitrogens with one attached hydrogen (secondary N) is 3. The van der Waals surface area contributed by atoms with E-state index >= 15 is 0 Å². The van der Waals surface area contributed by atoms with Gasteiger partial charge in [-0.1, -0.05) is 62.4 Å². The first kappa shape index (κ1) is 23.7. The molecule has 3 N–H and O–H groups in total. The summed E-state index contributed by atoms with van der Waals surface area (Å²) in [4.78, 5) is 25.4. The van der Waals surface area contributed by atoms with Crippen LogP contribution in [0.2, 0.25) is 0 Å². The molecule has 0 saturated heterocycles. The van der Waals surface area contributed by atoms with Crippen molar-refractivity contribution in [3.63, 3.8) is 0 Å². The molecule has 1 aliphatic rings. The SMILES string of the molecule is O=C(NCCNc1ccc(F)cc1)C(CC1CCCCC1)NC(=O)[C@@H](F)c1ccccc1. The number of hydrogen-bond acceptors (Lipinski definition) is 3. The number of amides is 2. The van der Waals surface area contributed by atoms with Gasteiger partial charge in [-0.2, -0.15) is 0 Å². The quantitative estimate of drug-likeness (QED) is 0.473. The molecule has 172 valence electrons. The lowest BCUT2D eigenvalue weighted by molar-refractivity contribution is -0.132. The molecule has 1 unspecified atom stereocenters. The molecule has 1 aliphatic carbocycles. The van der Waals surface area contributed by atoms with Crippen LogP contribution in [-0.4, -0.2) is 30.9 Å². The van der Waals surface area contributed by atoms with E-state index in [1.54, 1.807) is 42.5 Å². The Balaban J connectivity index is 1.54. The van der Waals surface area contributed by atoms with E-state index in [1.807, 2.05) is 0 Å². The highest BCUT2D eigenvalue weighted by molar-refractivity contribution is 5.89. The van der Waals surface area contributed by atoms with Gasteiger partial charge >= 0.3 is 0 Å². The molecule has 0 radical (unpaired) electrons. The molecule has 1 fully saturated rings. The van der Waals surface area contributed by atoms with E-state index in [0.717, 1.165) is 31.4 Å². The molecule has 2 atom stereocenters. The molecule has 3 rings (SSSR count). The fraction of sp³-hybridized carbons (Fsp3) is 0.440. The number of alkyl halides is 1. The molecule has 0 heterocycles. The summed E-state index contributed by atoms with van der Waals surface area (Å²) in [5, 5.41) is 8.56. The second-order valence-electron chi connectivity index (χ2n) is 8.30. The lowest BCUT2D eigenvalue weighted by Crippen LogP contribution is -2.49. The van der Waals surface area contributed by atoms with Crippen LogP contribution in [0, 0.1) is 11.7 Å². The number of anilines is 1. The molecule has 2 aromatic rings. The molecule has 7 heteroatoms. The van der Waals surface area contributed by atoms with Crippen molar-refractivity contribution < 1.29 is 18.4 Å². The van der Waals surface area contributed by atoms with Gasteiger partial charge in [-0.05, 0) is 42.2 Å². The summed E-state index contributed by atoms with van der Waals surface area (Å²) in [6.07, 6.45) is 4.14. The van der Waals surface area contributed by atoms with Crippen LogP contribution in [-0.2, 0) is 9.59 Å². The second kappa shape index (κ2) is 12.2. The zero-order chi connectivity index (χ0) is 22.8. The predicted molar refractivity (Wildman–Crippen MR) is 121 cm³/mol. The highest BCUT2D eigenvalue weighted by Gasteiger charge is 2.29. The van der Waals surface area contributed by atoms with E-state index in [9.17, 15) is 18.4 Å². The Morgan fingerprint density at radius 2 is 1.59 bits per heavy atom. The first-order valence-corrected chi connectivity index (χ1v) is 11.3. The van der Waals surface area contributed by atoms with Gasteiger partial charge in [0.2, 0.25) is 12.1 Å². The predicted octanol–water partition coefficient (Wildman–Crippen LogP) is 4.52. The van der Waals surface area contributed by atoms with Crippen molar-refractivity contribution in [2.45, 2.75) is 50.7 Å². The van der Waals surface area contributed by atoms with Crippen LogP contribution in [0.1, 0.15) is 50.3 Å². The van der Waals surface area contributed by atoms with E-state index < -0.39 is 18.1 Å². The summed E-state index contributed by atoms with van der Waals surface area (Å²) >= 11 is 0. The molecule has 2 amide bonds. The summed E-state index contributed by atoms with van der Waals surface area (Å²) in [5.41, 5.74) is 1.01. The van der Waals surface area contributed by atoms with Gasteiger partial charge in [-0.25, -0.2) is 8.78 Å². The first-order chi connectivity index (χ1) is 15.5. The maximum atomic E-state index is 14.7. The van der Waals surface area contributed by atoms with Gasteiger partial charge in [0.15, 0.2) is 0 Å². The van der Waals surface area contributed by atoms with Crippen LogP contribution < -0.4 is 16.0 Å². The highest BCUT2D eigenvalue weighted by Crippen LogP contribution is 2.28. The molecule has 5 nitrogen and oxygen atoms in total. The van der Waals surface area contributed by atoms with Crippen molar-refractivity contribution in [3.05, 3.63) is 66.0 Å². The highest BCUT2D eigenvalue weighted by atomic mass is 19.1. The van der Waals surface area contributed by atoms with Crippen LogP contribution in [0.5, 0.6) is 0 Å². The van der Waals surface area contributed by atoms with E-state index in [1.165, 1.54) is 18.6 Å². The zero-order valence-corrected chi connectivity index (χ0v) is 18.2. The molecule has 32 heavy (non-hydrogen) atoms. The zero-order valence-electron chi connectivity index (χ0n) is 18.2. The summed E-state index contributed by atoms with van der Waals surface area (Å²) in [7, 11) is 0. The topological polar surface area (TPSA) is 70.2 Å². The monoisotopic (exact) mass is 443 g/mol. The van der Waals surface area contributed by atoms with Crippen molar-refractivity contribution in [1.29, 1.82) is 0 Å². The second-order valence-corrected chi connectivity index (χ2v) is 8.30. The molecule has 2 aromatic carbocycles. The maximum absolute atomic E-state index is 14.7. The number of halogens is 2. The summed E-state index contributed by atoms with van der Waals surface area (Å²) in [6.45, 7) is 0.766. The Hall–Kier alpha value is -2.96. The third-order valence-corrected chi connectivity index (χ3v) is 5.85. The normalized spacial score (nSPS) is 16.1. The minimum Gasteiger partial charge on any atom is -0.383 e. The minimum absolute atomic E-state index is 0.269. The Kier molecular flexibility index (Phi) is 9.01. The van der Waals surface area contributed by atoms with Crippen LogP contribution in [0.15, 0.2) is 54.6 Å². The maximum Gasteiger partial charge on any atom is 0.259 e. The Morgan fingerprint density at radius 1 is 0.906 bits per heavy atom. The van der Waals surface area contributed by atoms with E-state index in [0.29, 0.717) is 25.4 Å². The Bertz CT molecular complexity index is 855. The van der Waals surface area contributed by atoms with Crippen LogP contribution >= 0.6 is 0 Å². The van der Waals surface area contributed by atoms with Gasteiger partial charge in [-0.3, -0.25) is 9.59 Å².